The lowest BCUT2D eigenvalue weighted by molar-refractivity contribution is -0.00169. The number of hydrogen-bond donors (Lipinski definition) is 1. The van der Waals surface area contributed by atoms with Crippen molar-refractivity contribution >= 4 is 11.7 Å². The van der Waals surface area contributed by atoms with Gasteiger partial charge in [0.2, 0.25) is 0 Å². The molecular weight excluding hydrogens is 344 g/mol. The molecule has 1 saturated heterocycles. The van der Waals surface area contributed by atoms with E-state index in [0.717, 1.165) is 30.7 Å². The third-order valence-electron chi connectivity index (χ3n) is 4.64. The highest BCUT2D eigenvalue weighted by atomic mass is 16.5. The van der Waals surface area contributed by atoms with Crippen LogP contribution in [0.25, 0.3) is 5.65 Å². The van der Waals surface area contributed by atoms with E-state index in [1.165, 1.54) is 0 Å². The number of likely N-dealkylation sites (tertiary alicyclic amines) is 1. The second-order valence-corrected chi connectivity index (χ2v) is 6.55. The predicted molar refractivity (Wildman–Crippen MR) is 98.8 cm³/mol. The molecule has 1 N–H and O–H groups in total. The molecule has 1 atom stereocenters. The Morgan fingerprint density at radius 1 is 1.22 bits per heavy atom. The predicted octanol–water partition coefficient (Wildman–Crippen LogP) is 2.02. The number of carbonyl (C=O) groups is 1. The number of nitrogens with one attached hydrogen (secondary N) is 1. The first kappa shape index (κ1) is 17.4. The van der Waals surface area contributed by atoms with Gasteiger partial charge in [0.25, 0.3) is 0 Å². The molecule has 140 valence electrons. The summed E-state index contributed by atoms with van der Waals surface area (Å²) in [5.74, 6) is 0.707. The molecule has 0 aromatic carbocycles. The van der Waals surface area contributed by atoms with Crippen molar-refractivity contribution in [3.8, 4) is 0 Å². The Balaban J connectivity index is 1.29. The molecule has 3 aromatic heterocycles. The summed E-state index contributed by atoms with van der Waals surface area (Å²) in [4.78, 5) is 18.6. The zero-order valence-electron chi connectivity index (χ0n) is 15.0. The third kappa shape index (κ3) is 4.22. The zero-order valence-corrected chi connectivity index (χ0v) is 15.0. The summed E-state index contributed by atoms with van der Waals surface area (Å²) >= 11 is 0. The van der Waals surface area contributed by atoms with Gasteiger partial charge < -0.3 is 15.0 Å². The molecule has 0 spiro atoms. The second kappa shape index (κ2) is 8.13. The Labute approximate surface area is 157 Å². The number of rotatable bonds is 5. The number of aromatic nitrogens is 4. The monoisotopic (exact) mass is 366 g/mol. The molecule has 4 heterocycles. The van der Waals surface area contributed by atoms with E-state index in [9.17, 15) is 4.79 Å². The summed E-state index contributed by atoms with van der Waals surface area (Å²) in [7, 11) is 0. The molecule has 1 fully saturated rings. The van der Waals surface area contributed by atoms with E-state index in [-0.39, 0.29) is 12.1 Å². The molecule has 0 aliphatic carbocycles. The second-order valence-electron chi connectivity index (χ2n) is 6.55. The lowest BCUT2D eigenvalue weighted by Gasteiger charge is -2.32. The molecule has 27 heavy (non-hydrogen) atoms. The smallest absolute Gasteiger partial charge is 0.317 e. The molecule has 0 saturated carbocycles. The Hall–Kier alpha value is -3.00. The molecule has 0 unspecified atom stereocenters. The van der Waals surface area contributed by atoms with Gasteiger partial charge in [-0.2, -0.15) is 0 Å². The van der Waals surface area contributed by atoms with Crippen LogP contribution < -0.4 is 5.32 Å². The van der Waals surface area contributed by atoms with Gasteiger partial charge >= 0.3 is 6.03 Å². The first-order valence-electron chi connectivity index (χ1n) is 9.12. The number of piperidine rings is 1. The average Bonchev–Trinajstić information content (AvgIpc) is 3.15. The number of urea groups is 1. The summed E-state index contributed by atoms with van der Waals surface area (Å²) in [6.07, 6.45) is 5.55. The van der Waals surface area contributed by atoms with Crippen LogP contribution in [0.15, 0.2) is 48.8 Å². The van der Waals surface area contributed by atoms with Crippen LogP contribution in [-0.4, -0.2) is 49.7 Å². The number of carbonyl (C=O) groups excluding carboxylic acids is 1. The van der Waals surface area contributed by atoms with Crippen LogP contribution in [0.2, 0.25) is 0 Å². The number of nitrogens with zero attached hydrogens (tertiary/aromatic N) is 5. The van der Waals surface area contributed by atoms with Crippen LogP contribution in [0.1, 0.15) is 24.4 Å². The first-order chi connectivity index (χ1) is 13.3. The van der Waals surface area contributed by atoms with Crippen LogP contribution in [0.4, 0.5) is 4.79 Å². The summed E-state index contributed by atoms with van der Waals surface area (Å²) < 4.78 is 7.82. The number of ether oxygens (including phenoxy) is 1. The van der Waals surface area contributed by atoms with E-state index in [2.05, 4.69) is 20.5 Å². The molecule has 2 amide bonds. The van der Waals surface area contributed by atoms with Crippen molar-refractivity contribution in [3.05, 3.63) is 60.3 Å². The molecule has 0 radical (unpaired) electrons. The number of pyridine rings is 2. The van der Waals surface area contributed by atoms with Crippen LogP contribution in [0.3, 0.4) is 0 Å². The fourth-order valence-corrected chi connectivity index (χ4v) is 3.22. The summed E-state index contributed by atoms with van der Waals surface area (Å²) in [6.45, 7) is 2.11. The van der Waals surface area contributed by atoms with E-state index < -0.39 is 0 Å². The van der Waals surface area contributed by atoms with E-state index in [1.54, 1.807) is 11.1 Å². The minimum Gasteiger partial charge on any atom is -0.370 e. The van der Waals surface area contributed by atoms with Crippen molar-refractivity contribution in [1.82, 2.24) is 29.8 Å². The van der Waals surface area contributed by atoms with E-state index in [1.807, 2.05) is 47.0 Å². The Bertz CT molecular complexity index is 897. The lowest BCUT2D eigenvalue weighted by Crippen LogP contribution is -2.47. The van der Waals surface area contributed by atoms with E-state index in [0.29, 0.717) is 25.5 Å². The van der Waals surface area contributed by atoms with Gasteiger partial charge in [0.15, 0.2) is 11.5 Å². The van der Waals surface area contributed by atoms with Crippen LogP contribution in [0.5, 0.6) is 0 Å². The fourth-order valence-electron chi connectivity index (χ4n) is 3.22. The fraction of sp³-hybridized carbons (Fsp3) is 0.368. The van der Waals surface area contributed by atoms with Crippen molar-refractivity contribution in [2.75, 3.05) is 13.1 Å². The topological polar surface area (TPSA) is 84.7 Å². The highest BCUT2D eigenvalue weighted by Crippen LogP contribution is 2.15. The number of amides is 2. The van der Waals surface area contributed by atoms with Crippen molar-refractivity contribution in [3.63, 3.8) is 0 Å². The van der Waals surface area contributed by atoms with Crippen molar-refractivity contribution in [2.24, 2.45) is 0 Å². The molecular formula is C19H22N6O2. The molecule has 4 rings (SSSR count). The molecule has 8 nitrogen and oxygen atoms in total. The highest BCUT2D eigenvalue weighted by Gasteiger charge is 2.24. The quantitative estimate of drug-likeness (QED) is 0.747. The molecule has 0 bridgehead atoms. The van der Waals surface area contributed by atoms with Crippen molar-refractivity contribution in [1.29, 1.82) is 0 Å². The maximum atomic E-state index is 12.5. The SMILES string of the molecule is O=C(NCc1nnc2ccccn12)N1CCC[C@H](OCc2ccccn2)C1. The van der Waals surface area contributed by atoms with Gasteiger partial charge in [-0.15, -0.1) is 10.2 Å². The Morgan fingerprint density at radius 3 is 3.04 bits per heavy atom. The molecule has 1 aliphatic rings. The number of fused-ring (bicyclic) bond motifs is 1. The van der Waals surface area contributed by atoms with Gasteiger partial charge in [-0.3, -0.25) is 9.38 Å². The first-order valence-corrected chi connectivity index (χ1v) is 9.12. The van der Waals surface area contributed by atoms with E-state index in [4.69, 9.17) is 4.74 Å². The standard InChI is InChI=1S/C19H22N6O2/c26-19(21-12-18-23-22-17-8-2-4-11-25(17)18)24-10-5-7-16(13-24)27-14-15-6-1-3-9-20-15/h1-4,6,8-9,11,16H,5,7,10,12-14H2,(H,21,26)/t16-/m0/s1. The maximum Gasteiger partial charge on any atom is 0.317 e. The molecule has 3 aromatic rings. The van der Waals surface area contributed by atoms with Gasteiger partial charge in [0.05, 0.1) is 24.9 Å². The zero-order chi connectivity index (χ0) is 18.5. The summed E-state index contributed by atoms with van der Waals surface area (Å²) in [5.41, 5.74) is 1.67. The maximum absolute atomic E-state index is 12.5. The minimum absolute atomic E-state index is 0.0282. The van der Waals surface area contributed by atoms with Crippen LogP contribution in [0, 0.1) is 0 Å². The summed E-state index contributed by atoms with van der Waals surface area (Å²) in [5, 5.41) is 11.2. The average molecular weight is 366 g/mol. The van der Waals surface area contributed by atoms with Gasteiger partial charge in [-0.25, -0.2) is 4.79 Å². The minimum atomic E-state index is -0.103. The van der Waals surface area contributed by atoms with E-state index >= 15 is 0 Å². The van der Waals surface area contributed by atoms with Gasteiger partial charge in [0, 0.05) is 25.5 Å². The largest absolute Gasteiger partial charge is 0.370 e. The summed E-state index contributed by atoms with van der Waals surface area (Å²) in [6, 6.07) is 11.4. The van der Waals surface area contributed by atoms with Gasteiger partial charge in [0.1, 0.15) is 0 Å². The van der Waals surface area contributed by atoms with Crippen LogP contribution in [-0.2, 0) is 17.9 Å². The Morgan fingerprint density at radius 2 is 2.15 bits per heavy atom. The highest BCUT2D eigenvalue weighted by molar-refractivity contribution is 5.74. The van der Waals surface area contributed by atoms with Gasteiger partial charge in [-0.1, -0.05) is 12.1 Å². The Kier molecular flexibility index (Phi) is 5.24. The third-order valence-corrected chi connectivity index (χ3v) is 4.64. The lowest BCUT2D eigenvalue weighted by atomic mass is 10.1. The van der Waals surface area contributed by atoms with Gasteiger partial charge in [-0.05, 0) is 37.1 Å². The van der Waals surface area contributed by atoms with Crippen molar-refractivity contribution in [2.45, 2.75) is 32.1 Å². The number of hydrogen-bond acceptors (Lipinski definition) is 5. The normalized spacial score (nSPS) is 17.2. The van der Waals surface area contributed by atoms with Crippen LogP contribution >= 0.6 is 0 Å². The molecule has 8 heteroatoms. The van der Waals surface area contributed by atoms with Crippen molar-refractivity contribution < 1.29 is 9.53 Å². The molecule has 1 aliphatic heterocycles.